The second kappa shape index (κ2) is 3.70. The van der Waals surface area contributed by atoms with Crippen LogP contribution in [0.5, 0.6) is 0 Å². The molecule has 0 fully saturated rings. The van der Waals surface area contributed by atoms with Gasteiger partial charge in [0.25, 0.3) is 0 Å². The summed E-state index contributed by atoms with van der Waals surface area (Å²) in [7, 11) is 0. The molecule has 80 valence electrons. The van der Waals surface area contributed by atoms with Gasteiger partial charge in [-0.2, -0.15) is 0 Å². The summed E-state index contributed by atoms with van der Waals surface area (Å²) in [5.74, 6) is 0.526. The molecule has 0 aliphatic carbocycles. The van der Waals surface area contributed by atoms with E-state index in [0.717, 1.165) is 0 Å². The molecule has 0 aliphatic rings. The van der Waals surface area contributed by atoms with Crippen molar-refractivity contribution in [1.82, 2.24) is 4.98 Å². The van der Waals surface area contributed by atoms with Crippen LogP contribution in [-0.4, -0.2) is 4.98 Å². The Labute approximate surface area is 90.5 Å². The number of rotatable bonds is 2. The van der Waals surface area contributed by atoms with Crippen molar-refractivity contribution in [3.05, 3.63) is 35.5 Å². The van der Waals surface area contributed by atoms with E-state index in [9.17, 15) is 0 Å². The molecule has 0 saturated heterocycles. The van der Waals surface area contributed by atoms with Gasteiger partial charge in [-0.3, -0.25) is 0 Å². The third-order valence-electron chi connectivity index (χ3n) is 2.83. The molecule has 0 amide bonds. The van der Waals surface area contributed by atoms with Crippen molar-refractivity contribution in [2.45, 2.75) is 32.7 Å². The van der Waals surface area contributed by atoms with Gasteiger partial charge in [0.05, 0.1) is 0 Å². The lowest BCUT2D eigenvalue weighted by atomic mass is 10.0. The first-order valence-electron chi connectivity index (χ1n) is 5.46. The number of nitrogens with two attached hydrogens (primary N) is 1. The molecule has 1 atom stereocenters. The summed E-state index contributed by atoms with van der Waals surface area (Å²) in [6, 6.07) is 8.57. The number of aromatic nitrogens is 1. The van der Waals surface area contributed by atoms with Crippen LogP contribution in [-0.2, 0) is 0 Å². The fourth-order valence-electron chi connectivity index (χ4n) is 1.91. The van der Waals surface area contributed by atoms with Crippen LogP contribution in [0.15, 0.2) is 24.3 Å². The Kier molecular flexibility index (Phi) is 2.53. The Bertz CT molecular complexity index is 466. The van der Waals surface area contributed by atoms with Crippen molar-refractivity contribution in [2.24, 2.45) is 5.73 Å². The average Bonchev–Trinajstić information content (AvgIpc) is 2.60. The fraction of sp³-hybridized carbons (Fsp3) is 0.385. The standard InChI is InChI=1S/C13H18N2/c1-8(2)13-7-11-10(9(3)14)5-4-6-12(11)15-13/h4-9,15H,14H2,1-3H3. The van der Waals surface area contributed by atoms with E-state index in [4.69, 9.17) is 5.73 Å². The quantitative estimate of drug-likeness (QED) is 0.770. The SMILES string of the molecule is CC(C)c1cc2c(C(C)N)cccc2[nH]1. The van der Waals surface area contributed by atoms with Crippen LogP contribution in [0.2, 0.25) is 0 Å². The molecular weight excluding hydrogens is 184 g/mol. The minimum Gasteiger partial charge on any atom is -0.358 e. The van der Waals surface area contributed by atoms with Crippen LogP contribution in [0.1, 0.15) is 44.0 Å². The average molecular weight is 202 g/mol. The number of H-pyrrole nitrogens is 1. The highest BCUT2D eigenvalue weighted by molar-refractivity contribution is 5.84. The van der Waals surface area contributed by atoms with Gasteiger partial charge in [0, 0.05) is 22.6 Å². The molecule has 0 radical (unpaired) electrons. The van der Waals surface area contributed by atoms with Gasteiger partial charge in [0.2, 0.25) is 0 Å². The lowest BCUT2D eigenvalue weighted by Gasteiger charge is -2.06. The van der Waals surface area contributed by atoms with E-state index in [1.165, 1.54) is 22.2 Å². The van der Waals surface area contributed by atoms with Gasteiger partial charge in [-0.05, 0) is 30.5 Å². The van der Waals surface area contributed by atoms with Gasteiger partial charge in [0.1, 0.15) is 0 Å². The normalized spacial score (nSPS) is 13.7. The van der Waals surface area contributed by atoms with E-state index < -0.39 is 0 Å². The number of benzene rings is 1. The van der Waals surface area contributed by atoms with E-state index in [-0.39, 0.29) is 6.04 Å². The predicted octanol–water partition coefficient (Wildman–Crippen LogP) is 3.31. The summed E-state index contributed by atoms with van der Waals surface area (Å²) in [5, 5.41) is 1.26. The van der Waals surface area contributed by atoms with Gasteiger partial charge in [-0.1, -0.05) is 26.0 Å². The zero-order valence-corrected chi connectivity index (χ0v) is 9.54. The first-order chi connectivity index (χ1) is 7.09. The molecule has 2 heteroatoms. The zero-order chi connectivity index (χ0) is 11.0. The first-order valence-corrected chi connectivity index (χ1v) is 5.46. The molecule has 3 N–H and O–H groups in total. The molecule has 15 heavy (non-hydrogen) atoms. The van der Waals surface area contributed by atoms with Gasteiger partial charge in [-0.25, -0.2) is 0 Å². The Morgan fingerprint density at radius 3 is 2.53 bits per heavy atom. The zero-order valence-electron chi connectivity index (χ0n) is 9.54. The van der Waals surface area contributed by atoms with Gasteiger partial charge in [-0.15, -0.1) is 0 Å². The summed E-state index contributed by atoms with van der Waals surface area (Å²) in [6.07, 6.45) is 0. The summed E-state index contributed by atoms with van der Waals surface area (Å²) < 4.78 is 0. The van der Waals surface area contributed by atoms with Crippen molar-refractivity contribution < 1.29 is 0 Å². The number of hydrogen-bond donors (Lipinski definition) is 2. The van der Waals surface area contributed by atoms with Crippen LogP contribution in [0.3, 0.4) is 0 Å². The monoisotopic (exact) mass is 202 g/mol. The minimum absolute atomic E-state index is 0.0875. The van der Waals surface area contributed by atoms with Crippen molar-refractivity contribution in [2.75, 3.05) is 0 Å². The van der Waals surface area contributed by atoms with Crippen LogP contribution < -0.4 is 5.73 Å². The lowest BCUT2D eigenvalue weighted by Crippen LogP contribution is -2.04. The van der Waals surface area contributed by atoms with Crippen LogP contribution >= 0.6 is 0 Å². The molecule has 2 aromatic rings. The first kappa shape index (κ1) is 10.2. The van der Waals surface area contributed by atoms with Crippen molar-refractivity contribution >= 4 is 10.9 Å². The van der Waals surface area contributed by atoms with E-state index in [0.29, 0.717) is 5.92 Å². The Hall–Kier alpha value is -1.28. The maximum atomic E-state index is 5.95. The molecule has 0 bridgehead atoms. The number of fused-ring (bicyclic) bond motifs is 1. The predicted molar refractivity (Wildman–Crippen MR) is 65.0 cm³/mol. The molecular formula is C13H18N2. The molecule has 1 aromatic heterocycles. The molecule has 0 aliphatic heterocycles. The summed E-state index contributed by atoms with van der Waals surface area (Å²) in [4.78, 5) is 3.43. The van der Waals surface area contributed by atoms with Crippen LogP contribution in [0, 0.1) is 0 Å². The Balaban J connectivity index is 2.64. The Morgan fingerprint density at radius 2 is 1.93 bits per heavy atom. The molecule has 1 aromatic carbocycles. The summed E-state index contributed by atoms with van der Waals surface area (Å²) >= 11 is 0. The van der Waals surface area contributed by atoms with Gasteiger partial charge in [0.15, 0.2) is 0 Å². The lowest BCUT2D eigenvalue weighted by molar-refractivity contribution is 0.826. The second-order valence-electron chi connectivity index (χ2n) is 4.48. The van der Waals surface area contributed by atoms with Gasteiger partial charge < -0.3 is 10.7 Å². The van der Waals surface area contributed by atoms with E-state index in [1.54, 1.807) is 0 Å². The smallest absolute Gasteiger partial charge is 0.0459 e. The minimum atomic E-state index is 0.0875. The Morgan fingerprint density at radius 1 is 1.20 bits per heavy atom. The summed E-state index contributed by atoms with van der Waals surface area (Å²) in [6.45, 7) is 6.41. The molecule has 0 spiro atoms. The molecule has 2 rings (SSSR count). The van der Waals surface area contributed by atoms with Crippen LogP contribution in [0.25, 0.3) is 10.9 Å². The molecule has 0 saturated carbocycles. The fourth-order valence-corrected chi connectivity index (χ4v) is 1.91. The van der Waals surface area contributed by atoms with Crippen LogP contribution in [0.4, 0.5) is 0 Å². The number of nitrogens with one attached hydrogen (secondary N) is 1. The van der Waals surface area contributed by atoms with Crippen molar-refractivity contribution in [3.63, 3.8) is 0 Å². The molecule has 1 heterocycles. The van der Waals surface area contributed by atoms with E-state index >= 15 is 0 Å². The number of aromatic amines is 1. The van der Waals surface area contributed by atoms with Crippen molar-refractivity contribution in [1.29, 1.82) is 0 Å². The molecule has 1 unspecified atom stereocenters. The summed E-state index contributed by atoms with van der Waals surface area (Å²) in [5.41, 5.74) is 9.63. The maximum absolute atomic E-state index is 5.95. The highest BCUT2D eigenvalue weighted by Crippen LogP contribution is 2.26. The highest BCUT2D eigenvalue weighted by Gasteiger charge is 2.09. The number of hydrogen-bond acceptors (Lipinski definition) is 1. The largest absolute Gasteiger partial charge is 0.358 e. The van der Waals surface area contributed by atoms with E-state index in [1.807, 2.05) is 6.92 Å². The topological polar surface area (TPSA) is 41.8 Å². The second-order valence-corrected chi connectivity index (χ2v) is 4.48. The van der Waals surface area contributed by atoms with Crippen molar-refractivity contribution in [3.8, 4) is 0 Å². The highest BCUT2D eigenvalue weighted by atomic mass is 14.7. The third-order valence-corrected chi connectivity index (χ3v) is 2.83. The van der Waals surface area contributed by atoms with E-state index in [2.05, 4.69) is 43.1 Å². The van der Waals surface area contributed by atoms with Gasteiger partial charge >= 0.3 is 0 Å². The molecule has 2 nitrogen and oxygen atoms in total. The maximum Gasteiger partial charge on any atom is 0.0459 e. The third kappa shape index (κ3) is 1.77.